The maximum absolute atomic E-state index is 11.0. The first-order valence-electron chi connectivity index (χ1n) is 4.38. The molecule has 0 spiro atoms. The first kappa shape index (κ1) is 10.1. The largest absolute Gasteiger partial charge is 0.508 e. The van der Waals surface area contributed by atoms with Crippen molar-refractivity contribution in [3.63, 3.8) is 0 Å². The molecule has 0 heterocycles. The van der Waals surface area contributed by atoms with Crippen molar-refractivity contribution < 1.29 is 9.57 Å². The van der Waals surface area contributed by atoms with Gasteiger partial charge in [0.1, 0.15) is 5.75 Å². The number of rotatable bonds is 3. The molecule has 0 aliphatic carbocycles. The minimum Gasteiger partial charge on any atom is -0.508 e. The van der Waals surface area contributed by atoms with Crippen molar-refractivity contribution in [2.24, 2.45) is 0 Å². The molecule has 0 aliphatic heterocycles. The molecule has 1 aromatic rings. The van der Waals surface area contributed by atoms with Gasteiger partial charge < -0.3 is 9.57 Å². The zero-order chi connectivity index (χ0) is 9.84. The summed E-state index contributed by atoms with van der Waals surface area (Å²) in [5, 5.41) is 9.06. The van der Waals surface area contributed by atoms with Crippen LogP contribution in [0.5, 0.6) is 5.75 Å². The van der Waals surface area contributed by atoms with Gasteiger partial charge in [0.15, 0.2) is 0 Å². The third kappa shape index (κ3) is 3.11. The van der Waals surface area contributed by atoms with Crippen molar-refractivity contribution in [3.05, 3.63) is 29.8 Å². The molecule has 13 heavy (non-hydrogen) atoms. The highest BCUT2D eigenvalue weighted by molar-refractivity contribution is 6.41. The standard InChI is InChI=1S/C10H14O2Si/c1-8(7-13(2)12)9-3-5-10(11)6-4-9/h3-6,8,11H,7H2,1-2H3. The quantitative estimate of drug-likeness (QED) is 0.751. The normalized spacial score (nSPS) is 12.5. The van der Waals surface area contributed by atoms with Crippen LogP contribution in [0.2, 0.25) is 12.6 Å². The van der Waals surface area contributed by atoms with Crippen LogP contribution in [0.3, 0.4) is 0 Å². The molecule has 1 N–H and O–H groups in total. The Hall–Kier alpha value is -0.963. The van der Waals surface area contributed by atoms with Gasteiger partial charge in [-0.15, -0.1) is 0 Å². The third-order valence-electron chi connectivity index (χ3n) is 2.06. The zero-order valence-corrected chi connectivity index (χ0v) is 8.95. The van der Waals surface area contributed by atoms with E-state index in [0.717, 1.165) is 11.6 Å². The van der Waals surface area contributed by atoms with E-state index in [-0.39, 0.29) is 5.75 Å². The van der Waals surface area contributed by atoms with Crippen LogP contribution >= 0.6 is 0 Å². The molecule has 1 rings (SSSR count). The van der Waals surface area contributed by atoms with Gasteiger partial charge >= 0.3 is 0 Å². The molecular formula is C10H14O2Si. The van der Waals surface area contributed by atoms with E-state index in [4.69, 9.17) is 5.11 Å². The van der Waals surface area contributed by atoms with Crippen LogP contribution in [0.15, 0.2) is 24.3 Å². The van der Waals surface area contributed by atoms with Crippen molar-refractivity contribution in [3.8, 4) is 5.75 Å². The number of phenolic OH excluding ortho intramolecular Hbond substituents is 1. The highest BCUT2D eigenvalue weighted by Crippen LogP contribution is 2.21. The fraction of sp³-hybridized carbons (Fsp3) is 0.400. The smallest absolute Gasteiger partial charge is 0.273 e. The van der Waals surface area contributed by atoms with E-state index in [1.807, 2.05) is 12.1 Å². The van der Waals surface area contributed by atoms with E-state index >= 15 is 0 Å². The summed E-state index contributed by atoms with van der Waals surface area (Å²) in [4.78, 5) is 0. The first-order valence-corrected chi connectivity index (χ1v) is 6.49. The summed E-state index contributed by atoms with van der Waals surface area (Å²) in [5.41, 5.74) is 1.14. The predicted molar refractivity (Wildman–Crippen MR) is 53.6 cm³/mol. The Kier molecular flexibility index (Phi) is 3.37. The van der Waals surface area contributed by atoms with Crippen molar-refractivity contribution in [2.45, 2.75) is 25.4 Å². The average molecular weight is 194 g/mol. The molecule has 3 heteroatoms. The fourth-order valence-corrected chi connectivity index (χ4v) is 2.45. The van der Waals surface area contributed by atoms with Crippen LogP contribution in [-0.4, -0.2) is 13.8 Å². The molecule has 0 fully saturated rings. The summed E-state index contributed by atoms with van der Waals surface area (Å²) in [7, 11) is -1.40. The number of aromatic hydroxyl groups is 1. The first-order chi connectivity index (χ1) is 6.09. The van der Waals surface area contributed by atoms with Crippen molar-refractivity contribution in [1.82, 2.24) is 0 Å². The molecule has 0 amide bonds. The molecule has 1 atom stereocenters. The number of hydrogen-bond donors (Lipinski definition) is 1. The fourth-order valence-electron chi connectivity index (χ4n) is 1.35. The van der Waals surface area contributed by atoms with Crippen LogP contribution in [0, 0.1) is 0 Å². The summed E-state index contributed by atoms with van der Waals surface area (Å²) < 4.78 is 11.0. The van der Waals surface area contributed by atoms with Crippen LogP contribution in [0.1, 0.15) is 18.4 Å². The van der Waals surface area contributed by atoms with Gasteiger partial charge in [0, 0.05) is 0 Å². The molecule has 0 aromatic heterocycles. The molecular weight excluding hydrogens is 180 g/mol. The van der Waals surface area contributed by atoms with E-state index in [0.29, 0.717) is 5.92 Å². The lowest BCUT2D eigenvalue weighted by Gasteiger charge is -2.08. The van der Waals surface area contributed by atoms with Crippen molar-refractivity contribution in [2.75, 3.05) is 0 Å². The molecule has 0 saturated carbocycles. The minimum absolute atomic E-state index is 0.278. The Labute approximate surface area is 79.9 Å². The molecule has 0 radical (unpaired) electrons. The Morgan fingerprint density at radius 2 is 1.92 bits per heavy atom. The van der Waals surface area contributed by atoms with E-state index in [1.165, 1.54) is 0 Å². The van der Waals surface area contributed by atoms with Gasteiger partial charge in [-0.1, -0.05) is 19.1 Å². The van der Waals surface area contributed by atoms with Crippen molar-refractivity contribution >= 4 is 8.68 Å². The Bertz CT molecular complexity index is 292. The third-order valence-corrected chi connectivity index (χ3v) is 3.24. The van der Waals surface area contributed by atoms with Crippen LogP contribution in [0.4, 0.5) is 0 Å². The van der Waals surface area contributed by atoms with E-state index in [2.05, 4.69) is 6.92 Å². The molecule has 0 saturated heterocycles. The van der Waals surface area contributed by atoms with Gasteiger partial charge in [0.05, 0.1) is 0 Å². The Balaban J connectivity index is 2.71. The van der Waals surface area contributed by atoms with Crippen LogP contribution < -0.4 is 0 Å². The second-order valence-corrected chi connectivity index (χ2v) is 5.21. The number of hydrogen-bond acceptors (Lipinski definition) is 2. The van der Waals surface area contributed by atoms with Gasteiger partial charge in [0.25, 0.3) is 8.68 Å². The summed E-state index contributed by atoms with van der Waals surface area (Å²) in [5.74, 6) is 0.595. The SMILES string of the molecule is CC(C[Si](C)=O)c1ccc(O)cc1. The molecule has 0 bridgehead atoms. The topological polar surface area (TPSA) is 37.3 Å². The lowest BCUT2D eigenvalue weighted by Crippen LogP contribution is -2.00. The lowest BCUT2D eigenvalue weighted by atomic mass is 10.0. The summed E-state index contributed by atoms with van der Waals surface area (Å²) >= 11 is 0. The Morgan fingerprint density at radius 1 is 1.38 bits per heavy atom. The van der Waals surface area contributed by atoms with Gasteiger partial charge in [0.2, 0.25) is 0 Å². The predicted octanol–water partition coefficient (Wildman–Crippen LogP) is 2.55. The maximum Gasteiger partial charge on any atom is 0.273 e. The maximum atomic E-state index is 11.0. The monoisotopic (exact) mass is 194 g/mol. The number of benzene rings is 1. The van der Waals surface area contributed by atoms with Gasteiger partial charge in [-0.25, -0.2) is 0 Å². The molecule has 0 aliphatic rings. The van der Waals surface area contributed by atoms with E-state index in [1.54, 1.807) is 18.7 Å². The van der Waals surface area contributed by atoms with Gasteiger partial charge in [-0.2, -0.15) is 0 Å². The molecule has 1 unspecified atom stereocenters. The lowest BCUT2D eigenvalue weighted by molar-refractivity contribution is 0.475. The highest BCUT2D eigenvalue weighted by atomic mass is 28.3. The second-order valence-electron chi connectivity index (χ2n) is 3.40. The summed E-state index contributed by atoms with van der Waals surface area (Å²) in [6.07, 6.45) is 0. The highest BCUT2D eigenvalue weighted by Gasteiger charge is 2.08. The molecule has 1 aromatic carbocycles. The Morgan fingerprint density at radius 3 is 2.38 bits per heavy atom. The van der Waals surface area contributed by atoms with E-state index < -0.39 is 8.68 Å². The minimum atomic E-state index is -1.40. The van der Waals surface area contributed by atoms with Crippen LogP contribution in [0.25, 0.3) is 0 Å². The van der Waals surface area contributed by atoms with Crippen LogP contribution in [-0.2, 0) is 4.46 Å². The molecule has 2 nitrogen and oxygen atoms in total. The van der Waals surface area contributed by atoms with Crippen molar-refractivity contribution in [1.29, 1.82) is 0 Å². The second kappa shape index (κ2) is 4.32. The summed E-state index contributed by atoms with van der Waals surface area (Å²) in [6, 6.07) is 7.84. The number of phenols is 1. The zero-order valence-electron chi connectivity index (χ0n) is 7.95. The van der Waals surface area contributed by atoms with E-state index in [9.17, 15) is 4.46 Å². The summed E-state index contributed by atoms with van der Waals surface area (Å²) in [6.45, 7) is 3.83. The molecule has 70 valence electrons. The average Bonchev–Trinajstić information content (AvgIpc) is 2.04. The van der Waals surface area contributed by atoms with Gasteiger partial charge in [-0.05, 0) is 36.2 Å². The van der Waals surface area contributed by atoms with Gasteiger partial charge in [-0.3, -0.25) is 0 Å².